The summed E-state index contributed by atoms with van der Waals surface area (Å²) in [7, 11) is 5.37. The Kier molecular flexibility index (Phi) is 7.92. The van der Waals surface area contributed by atoms with Crippen LogP contribution in [0, 0.1) is 0 Å². The number of carbonyl (C=O) groups is 1. The van der Waals surface area contributed by atoms with Gasteiger partial charge in [-0.1, -0.05) is 23.9 Å². The third-order valence-electron chi connectivity index (χ3n) is 6.54. The number of rotatable bonds is 9. The van der Waals surface area contributed by atoms with E-state index in [4.69, 9.17) is 9.72 Å². The number of fused-ring (bicyclic) bond motifs is 1. The zero-order valence-electron chi connectivity index (χ0n) is 21.2. The molecule has 0 radical (unpaired) electrons. The van der Waals surface area contributed by atoms with Gasteiger partial charge in [0.25, 0.3) is 0 Å². The van der Waals surface area contributed by atoms with Crippen molar-refractivity contribution in [2.45, 2.75) is 54.2 Å². The lowest BCUT2D eigenvalue weighted by Gasteiger charge is -2.30. The molecule has 3 aromatic heterocycles. The van der Waals surface area contributed by atoms with Crippen LogP contribution >= 0.6 is 23.1 Å². The van der Waals surface area contributed by atoms with Crippen LogP contribution in [-0.4, -0.2) is 58.6 Å². The van der Waals surface area contributed by atoms with Gasteiger partial charge in [-0.15, -0.1) is 11.3 Å². The van der Waals surface area contributed by atoms with Gasteiger partial charge in [0.1, 0.15) is 10.8 Å². The van der Waals surface area contributed by atoms with E-state index in [1.807, 2.05) is 48.6 Å². The molecule has 4 aromatic rings. The van der Waals surface area contributed by atoms with E-state index in [1.54, 1.807) is 23.6 Å². The lowest BCUT2D eigenvalue weighted by atomic mass is 9.91. The minimum atomic E-state index is -0.340. The highest BCUT2D eigenvalue weighted by atomic mass is 32.2. The summed E-state index contributed by atoms with van der Waals surface area (Å²) < 4.78 is 7.12. The molecule has 9 nitrogen and oxygen atoms in total. The summed E-state index contributed by atoms with van der Waals surface area (Å²) in [6.07, 6.45) is 8.12. The zero-order chi connectivity index (χ0) is 25.8. The average Bonchev–Trinajstić information content (AvgIpc) is 3.50. The summed E-state index contributed by atoms with van der Waals surface area (Å²) in [6, 6.07) is 10.2. The molecule has 1 aliphatic carbocycles. The van der Waals surface area contributed by atoms with Crippen molar-refractivity contribution in [1.82, 2.24) is 24.7 Å². The molecule has 1 aromatic carbocycles. The van der Waals surface area contributed by atoms with Gasteiger partial charge in [-0.05, 0) is 43.9 Å². The van der Waals surface area contributed by atoms with Gasteiger partial charge >= 0.3 is 5.97 Å². The van der Waals surface area contributed by atoms with Crippen LogP contribution in [0.15, 0.2) is 58.0 Å². The summed E-state index contributed by atoms with van der Waals surface area (Å²) in [6.45, 7) is 0.706. The van der Waals surface area contributed by atoms with E-state index in [1.165, 1.54) is 18.9 Å². The first-order valence-corrected chi connectivity index (χ1v) is 14.0. The number of imidazole rings is 1. The molecular weight excluding hydrogens is 506 g/mol. The van der Waals surface area contributed by atoms with E-state index in [2.05, 4.69) is 31.2 Å². The highest BCUT2D eigenvalue weighted by Gasteiger charge is 2.23. The van der Waals surface area contributed by atoms with Gasteiger partial charge in [0, 0.05) is 55.4 Å². The number of thiazole rings is 1. The molecule has 1 fully saturated rings. The Hall–Kier alpha value is -3.15. The Morgan fingerprint density at radius 2 is 1.95 bits per heavy atom. The van der Waals surface area contributed by atoms with Gasteiger partial charge in [-0.25, -0.2) is 14.8 Å². The third kappa shape index (κ3) is 5.89. The van der Waals surface area contributed by atoms with E-state index in [9.17, 15) is 4.79 Å². The largest absolute Gasteiger partial charge is 0.465 e. The summed E-state index contributed by atoms with van der Waals surface area (Å²) in [4.78, 5) is 29.9. The lowest BCUT2D eigenvalue weighted by molar-refractivity contribution is 0.0597. The number of hydrogen-bond acceptors (Lipinski definition) is 10. The number of nitrogens with one attached hydrogen (secondary N) is 2. The topological polar surface area (TPSA) is 96.7 Å². The zero-order valence-corrected chi connectivity index (χ0v) is 22.8. The first kappa shape index (κ1) is 25.5. The van der Waals surface area contributed by atoms with Crippen LogP contribution in [0.25, 0.3) is 4.96 Å². The molecule has 0 unspecified atom stereocenters. The first-order chi connectivity index (χ1) is 18.0. The molecule has 3 heterocycles. The smallest absolute Gasteiger partial charge is 0.339 e. The number of benzene rings is 1. The highest BCUT2D eigenvalue weighted by molar-refractivity contribution is 7.99. The maximum atomic E-state index is 12.3. The maximum Gasteiger partial charge on any atom is 0.339 e. The van der Waals surface area contributed by atoms with Crippen molar-refractivity contribution in [2.24, 2.45) is 0 Å². The van der Waals surface area contributed by atoms with Crippen molar-refractivity contribution >= 4 is 45.8 Å². The average molecular weight is 538 g/mol. The molecule has 0 amide bonds. The molecule has 0 aliphatic heterocycles. The molecule has 0 bridgehead atoms. The Morgan fingerprint density at radius 3 is 2.73 bits per heavy atom. The summed E-state index contributed by atoms with van der Waals surface area (Å²) in [5, 5.41) is 10.2. The van der Waals surface area contributed by atoms with Crippen molar-refractivity contribution < 1.29 is 9.53 Å². The number of carbonyl (C=O) groups excluding carboxylic acids is 1. The molecule has 0 atom stereocenters. The monoisotopic (exact) mass is 537 g/mol. The lowest BCUT2D eigenvalue weighted by Crippen LogP contribution is -2.37. The van der Waals surface area contributed by atoms with Crippen LogP contribution < -0.4 is 15.5 Å². The molecule has 1 aliphatic rings. The van der Waals surface area contributed by atoms with Gasteiger partial charge < -0.3 is 20.3 Å². The molecule has 37 heavy (non-hydrogen) atoms. The third-order valence-corrected chi connectivity index (χ3v) is 8.39. The Balaban J connectivity index is 1.22. The molecule has 11 heteroatoms. The molecule has 0 spiro atoms. The van der Waals surface area contributed by atoms with E-state index in [0.29, 0.717) is 30.1 Å². The minimum Gasteiger partial charge on any atom is -0.465 e. The van der Waals surface area contributed by atoms with Gasteiger partial charge in [0.2, 0.25) is 5.95 Å². The van der Waals surface area contributed by atoms with Crippen LogP contribution in [0.4, 0.5) is 11.8 Å². The van der Waals surface area contributed by atoms with Gasteiger partial charge in [0.05, 0.1) is 18.4 Å². The van der Waals surface area contributed by atoms with Gasteiger partial charge in [0.15, 0.2) is 4.96 Å². The summed E-state index contributed by atoms with van der Waals surface area (Å²) in [5.41, 5.74) is 1.66. The predicted octanol–water partition coefficient (Wildman–Crippen LogP) is 4.70. The number of methoxy groups -OCH3 is 1. The van der Waals surface area contributed by atoms with E-state index >= 15 is 0 Å². The second kappa shape index (κ2) is 11.5. The fourth-order valence-corrected chi connectivity index (χ4v) is 6.35. The van der Waals surface area contributed by atoms with Crippen molar-refractivity contribution in [3.8, 4) is 0 Å². The van der Waals surface area contributed by atoms with Crippen molar-refractivity contribution in [1.29, 1.82) is 0 Å². The van der Waals surface area contributed by atoms with Crippen LogP contribution in [0.3, 0.4) is 0 Å². The summed E-state index contributed by atoms with van der Waals surface area (Å²) >= 11 is 3.12. The number of esters is 1. The second-order valence-electron chi connectivity index (χ2n) is 9.22. The fourth-order valence-electron chi connectivity index (χ4n) is 4.53. The van der Waals surface area contributed by atoms with Gasteiger partial charge in [-0.2, -0.15) is 4.98 Å². The normalized spacial score (nSPS) is 17.6. The molecular formula is C26H31N7O2S2. The fraction of sp³-hybridized carbons (Fsp3) is 0.385. The van der Waals surface area contributed by atoms with Crippen LogP contribution in [0.1, 0.15) is 41.7 Å². The standard InChI is InChI=1S/C26H31N7O2S2/c1-32(2)22-12-13-27-25(30-22)29-18-10-8-17(9-11-18)28-16-20-23(31-26-33(20)14-15-36-26)37-21-7-5-4-6-19(21)24(34)35-3/h4-7,12-15,17-18,28H,8-11,16H2,1-3H3,(H,27,29,30). The van der Waals surface area contributed by atoms with Crippen molar-refractivity contribution in [3.63, 3.8) is 0 Å². The molecule has 2 N–H and O–H groups in total. The van der Waals surface area contributed by atoms with E-state index in [-0.39, 0.29) is 5.97 Å². The Bertz CT molecular complexity index is 1360. The minimum absolute atomic E-state index is 0.340. The van der Waals surface area contributed by atoms with Gasteiger partial charge in [-0.3, -0.25) is 4.40 Å². The molecule has 0 saturated heterocycles. The first-order valence-electron chi connectivity index (χ1n) is 12.3. The highest BCUT2D eigenvalue weighted by Crippen LogP contribution is 2.34. The second-order valence-corrected chi connectivity index (χ2v) is 11.1. The SMILES string of the molecule is COC(=O)c1ccccc1Sc1nc2sccn2c1CNC1CCC(Nc2nccc(N(C)C)n2)CC1. The van der Waals surface area contributed by atoms with Crippen molar-refractivity contribution in [3.05, 3.63) is 59.4 Å². The predicted molar refractivity (Wildman–Crippen MR) is 148 cm³/mol. The van der Waals surface area contributed by atoms with Crippen LogP contribution in [-0.2, 0) is 11.3 Å². The number of ether oxygens (including phenoxy) is 1. The summed E-state index contributed by atoms with van der Waals surface area (Å²) in [5.74, 6) is 1.25. The van der Waals surface area contributed by atoms with Crippen LogP contribution in [0.5, 0.6) is 0 Å². The van der Waals surface area contributed by atoms with E-state index < -0.39 is 0 Å². The molecule has 1 saturated carbocycles. The number of hydrogen-bond donors (Lipinski definition) is 2. The quantitative estimate of drug-likeness (QED) is 0.294. The van der Waals surface area contributed by atoms with E-state index in [0.717, 1.165) is 52.1 Å². The Labute approximate surface area is 224 Å². The molecule has 5 rings (SSSR count). The number of nitrogens with zero attached hydrogens (tertiary/aromatic N) is 5. The number of anilines is 2. The maximum absolute atomic E-state index is 12.3. The Morgan fingerprint density at radius 1 is 1.16 bits per heavy atom. The van der Waals surface area contributed by atoms with Crippen LogP contribution in [0.2, 0.25) is 0 Å². The van der Waals surface area contributed by atoms with Crippen molar-refractivity contribution in [2.75, 3.05) is 31.4 Å². The number of aromatic nitrogens is 4. The molecule has 194 valence electrons.